The minimum Gasteiger partial charge on any atom is -0.348 e. The first-order valence-corrected chi connectivity index (χ1v) is 7.31. The van der Waals surface area contributed by atoms with Gasteiger partial charge in [0.2, 0.25) is 5.91 Å². The molecule has 0 bridgehead atoms. The fourth-order valence-corrected chi connectivity index (χ4v) is 2.36. The van der Waals surface area contributed by atoms with Gasteiger partial charge >= 0.3 is 0 Å². The van der Waals surface area contributed by atoms with Crippen LogP contribution in [-0.4, -0.2) is 15.7 Å². The van der Waals surface area contributed by atoms with Crippen LogP contribution in [0.4, 0.5) is 0 Å². The smallest absolute Gasteiger partial charge is 0.242 e. The van der Waals surface area contributed by atoms with Gasteiger partial charge in [-0.2, -0.15) is 5.10 Å². The van der Waals surface area contributed by atoms with Crippen molar-refractivity contribution in [3.05, 3.63) is 51.8 Å². The molecular formula is C15H18BrN3O. The lowest BCUT2D eigenvalue weighted by Gasteiger charge is -2.15. The van der Waals surface area contributed by atoms with Crippen molar-refractivity contribution in [1.29, 1.82) is 0 Å². The fraction of sp³-hybridized carbons (Fsp3) is 0.333. The van der Waals surface area contributed by atoms with Gasteiger partial charge in [0, 0.05) is 10.2 Å². The van der Waals surface area contributed by atoms with Crippen LogP contribution in [0.5, 0.6) is 0 Å². The van der Waals surface area contributed by atoms with E-state index in [2.05, 4.69) is 26.3 Å². The highest BCUT2D eigenvalue weighted by Gasteiger charge is 2.11. The predicted octanol–water partition coefficient (Wildman–Crippen LogP) is 3.14. The number of hydrogen-bond acceptors (Lipinski definition) is 2. The van der Waals surface area contributed by atoms with E-state index in [4.69, 9.17) is 0 Å². The zero-order valence-corrected chi connectivity index (χ0v) is 13.4. The number of benzene rings is 1. The van der Waals surface area contributed by atoms with Gasteiger partial charge in [-0.25, -0.2) is 0 Å². The van der Waals surface area contributed by atoms with Gasteiger partial charge in [-0.1, -0.05) is 28.1 Å². The highest BCUT2D eigenvalue weighted by atomic mass is 79.9. The second-order valence-electron chi connectivity index (χ2n) is 4.93. The van der Waals surface area contributed by atoms with Crippen molar-refractivity contribution in [2.75, 3.05) is 0 Å². The van der Waals surface area contributed by atoms with Gasteiger partial charge in [-0.05, 0) is 44.5 Å². The number of aryl methyl sites for hydroxylation is 2. The molecule has 0 saturated carbocycles. The summed E-state index contributed by atoms with van der Waals surface area (Å²) in [4.78, 5) is 12.0. The summed E-state index contributed by atoms with van der Waals surface area (Å²) in [5.74, 6) is -0.0355. The van der Waals surface area contributed by atoms with E-state index in [0.717, 1.165) is 21.4 Å². The lowest BCUT2D eigenvalue weighted by atomic mass is 10.1. The maximum absolute atomic E-state index is 12.0. The predicted molar refractivity (Wildman–Crippen MR) is 82.4 cm³/mol. The SMILES string of the molecule is Cc1cc(C)n(CC(=O)NC(C)c2ccc(Br)cc2)n1. The van der Waals surface area contributed by atoms with Crippen molar-refractivity contribution in [1.82, 2.24) is 15.1 Å². The lowest BCUT2D eigenvalue weighted by Crippen LogP contribution is -2.30. The highest BCUT2D eigenvalue weighted by Crippen LogP contribution is 2.16. The molecule has 1 aromatic carbocycles. The number of aromatic nitrogens is 2. The Kier molecular flexibility index (Phi) is 4.60. The standard InChI is InChI=1S/C15H18BrN3O/c1-10-8-11(2)19(18-10)9-15(20)17-12(3)13-4-6-14(16)7-5-13/h4-8,12H,9H2,1-3H3,(H,17,20). The third-order valence-corrected chi connectivity index (χ3v) is 3.67. The molecule has 0 fully saturated rings. The summed E-state index contributed by atoms with van der Waals surface area (Å²) in [6.45, 7) is 6.10. The topological polar surface area (TPSA) is 46.9 Å². The summed E-state index contributed by atoms with van der Waals surface area (Å²) in [5, 5.41) is 7.28. The molecule has 20 heavy (non-hydrogen) atoms. The number of halogens is 1. The Morgan fingerprint density at radius 1 is 1.35 bits per heavy atom. The molecule has 0 saturated heterocycles. The van der Waals surface area contributed by atoms with Crippen LogP contribution in [0.3, 0.4) is 0 Å². The van der Waals surface area contributed by atoms with Crippen molar-refractivity contribution in [2.24, 2.45) is 0 Å². The maximum atomic E-state index is 12.0. The maximum Gasteiger partial charge on any atom is 0.242 e. The molecule has 5 heteroatoms. The van der Waals surface area contributed by atoms with Crippen LogP contribution in [-0.2, 0) is 11.3 Å². The van der Waals surface area contributed by atoms with Crippen LogP contribution in [0.25, 0.3) is 0 Å². The largest absolute Gasteiger partial charge is 0.348 e. The van der Waals surface area contributed by atoms with Crippen molar-refractivity contribution in [3.63, 3.8) is 0 Å². The molecule has 0 aliphatic heterocycles. The Balaban J connectivity index is 1.97. The first kappa shape index (κ1) is 14.8. The molecule has 4 nitrogen and oxygen atoms in total. The quantitative estimate of drug-likeness (QED) is 0.932. The van der Waals surface area contributed by atoms with E-state index < -0.39 is 0 Å². The number of hydrogen-bond donors (Lipinski definition) is 1. The van der Waals surface area contributed by atoms with Crippen molar-refractivity contribution in [2.45, 2.75) is 33.4 Å². The molecule has 0 radical (unpaired) electrons. The Morgan fingerprint density at radius 2 is 2.00 bits per heavy atom. The zero-order chi connectivity index (χ0) is 14.7. The number of carbonyl (C=O) groups is 1. The van der Waals surface area contributed by atoms with Gasteiger partial charge in [-0.3, -0.25) is 9.48 Å². The van der Waals surface area contributed by atoms with E-state index in [-0.39, 0.29) is 18.5 Å². The van der Waals surface area contributed by atoms with E-state index in [1.807, 2.05) is 51.1 Å². The number of nitrogens with zero attached hydrogens (tertiary/aromatic N) is 2. The second-order valence-corrected chi connectivity index (χ2v) is 5.84. The summed E-state index contributed by atoms with van der Waals surface area (Å²) in [7, 11) is 0. The third kappa shape index (κ3) is 3.70. The number of rotatable bonds is 4. The van der Waals surface area contributed by atoms with E-state index >= 15 is 0 Å². The lowest BCUT2D eigenvalue weighted by molar-refractivity contribution is -0.122. The van der Waals surface area contributed by atoms with Gasteiger partial charge in [-0.15, -0.1) is 0 Å². The first-order valence-electron chi connectivity index (χ1n) is 6.51. The van der Waals surface area contributed by atoms with Gasteiger partial charge in [0.1, 0.15) is 6.54 Å². The molecule has 2 rings (SSSR count). The summed E-state index contributed by atoms with van der Waals surface area (Å²) < 4.78 is 2.75. The summed E-state index contributed by atoms with van der Waals surface area (Å²) in [6.07, 6.45) is 0. The fourth-order valence-electron chi connectivity index (χ4n) is 2.09. The molecular weight excluding hydrogens is 318 g/mol. The normalized spacial score (nSPS) is 12.2. The summed E-state index contributed by atoms with van der Waals surface area (Å²) in [6, 6.07) is 9.88. The molecule has 106 valence electrons. The van der Waals surface area contributed by atoms with Crippen molar-refractivity contribution < 1.29 is 4.79 Å². The van der Waals surface area contributed by atoms with Crippen LogP contribution < -0.4 is 5.32 Å². The Bertz CT molecular complexity index is 604. The average molecular weight is 336 g/mol. The molecule has 1 unspecified atom stereocenters. The minimum absolute atomic E-state index is 0.0208. The van der Waals surface area contributed by atoms with Crippen LogP contribution in [0.15, 0.2) is 34.8 Å². The van der Waals surface area contributed by atoms with Gasteiger partial charge in [0.15, 0.2) is 0 Å². The van der Waals surface area contributed by atoms with Crippen LogP contribution >= 0.6 is 15.9 Å². The van der Waals surface area contributed by atoms with Crippen molar-refractivity contribution >= 4 is 21.8 Å². The molecule has 1 heterocycles. The van der Waals surface area contributed by atoms with Crippen LogP contribution in [0.1, 0.15) is 29.9 Å². The van der Waals surface area contributed by atoms with Gasteiger partial charge in [0.05, 0.1) is 11.7 Å². The number of amides is 1. The molecule has 0 aliphatic rings. The summed E-state index contributed by atoms with van der Waals surface area (Å²) in [5.41, 5.74) is 3.00. The van der Waals surface area contributed by atoms with E-state index in [9.17, 15) is 4.79 Å². The molecule has 0 spiro atoms. The molecule has 1 atom stereocenters. The highest BCUT2D eigenvalue weighted by molar-refractivity contribution is 9.10. The van der Waals surface area contributed by atoms with Gasteiger partial charge in [0.25, 0.3) is 0 Å². The average Bonchev–Trinajstić information content (AvgIpc) is 2.68. The molecule has 1 aromatic heterocycles. The second kappa shape index (κ2) is 6.22. The van der Waals surface area contributed by atoms with E-state index in [0.29, 0.717) is 0 Å². The zero-order valence-electron chi connectivity index (χ0n) is 11.9. The Labute approximate surface area is 127 Å². The van der Waals surface area contributed by atoms with E-state index in [1.54, 1.807) is 4.68 Å². The number of nitrogens with one attached hydrogen (secondary N) is 1. The van der Waals surface area contributed by atoms with Crippen LogP contribution in [0.2, 0.25) is 0 Å². The first-order chi connectivity index (χ1) is 9.45. The molecule has 2 aromatic rings. The Hall–Kier alpha value is -1.62. The van der Waals surface area contributed by atoms with Gasteiger partial charge < -0.3 is 5.32 Å². The number of carbonyl (C=O) groups excluding carboxylic acids is 1. The minimum atomic E-state index is -0.0355. The molecule has 0 aliphatic carbocycles. The van der Waals surface area contributed by atoms with E-state index in [1.165, 1.54) is 0 Å². The monoisotopic (exact) mass is 335 g/mol. The Morgan fingerprint density at radius 3 is 2.55 bits per heavy atom. The third-order valence-electron chi connectivity index (χ3n) is 3.14. The summed E-state index contributed by atoms with van der Waals surface area (Å²) >= 11 is 3.40. The van der Waals surface area contributed by atoms with Crippen LogP contribution in [0, 0.1) is 13.8 Å². The molecule has 1 amide bonds. The van der Waals surface area contributed by atoms with Crippen molar-refractivity contribution in [3.8, 4) is 0 Å². The molecule has 1 N–H and O–H groups in total.